The second-order valence-electron chi connectivity index (χ2n) is 6.53. The van der Waals surface area contributed by atoms with Gasteiger partial charge in [-0.25, -0.2) is 4.98 Å². The van der Waals surface area contributed by atoms with Crippen LogP contribution >= 0.6 is 0 Å². The Morgan fingerprint density at radius 3 is 2.71 bits per heavy atom. The molecule has 0 aromatic carbocycles. The summed E-state index contributed by atoms with van der Waals surface area (Å²) >= 11 is 0. The quantitative estimate of drug-likeness (QED) is 0.557. The topological polar surface area (TPSA) is 101 Å². The van der Waals surface area contributed by atoms with Gasteiger partial charge >= 0.3 is 0 Å². The summed E-state index contributed by atoms with van der Waals surface area (Å²) in [5.74, 6) is -0.314. The van der Waals surface area contributed by atoms with Crippen molar-refractivity contribution in [3.05, 3.63) is 66.9 Å². The standard InChI is InChI=1S/C20H19N7O/c1-13(2)27-12-18(19(26-27)16-6-3-4-9-21-16)25-20(28)17-8-5-7-15(24-17)14-10-22-23-11-14/h3-13H,1-2H3,(H,22,23)(H,25,28). The molecule has 4 aromatic rings. The minimum Gasteiger partial charge on any atom is -0.317 e. The lowest BCUT2D eigenvalue weighted by Gasteiger charge is -2.06. The molecule has 0 aliphatic heterocycles. The highest BCUT2D eigenvalue weighted by atomic mass is 16.1. The summed E-state index contributed by atoms with van der Waals surface area (Å²) < 4.78 is 1.80. The van der Waals surface area contributed by atoms with Gasteiger partial charge in [0.05, 0.1) is 23.3 Å². The first kappa shape index (κ1) is 17.6. The zero-order valence-corrected chi connectivity index (χ0v) is 15.5. The van der Waals surface area contributed by atoms with Crippen LogP contribution in [0.25, 0.3) is 22.6 Å². The highest BCUT2D eigenvalue weighted by Gasteiger charge is 2.18. The van der Waals surface area contributed by atoms with E-state index in [0.717, 1.165) is 5.56 Å². The molecule has 0 saturated heterocycles. The first-order chi connectivity index (χ1) is 13.6. The van der Waals surface area contributed by atoms with Crippen LogP contribution in [0.1, 0.15) is 30.4 Å². The predicted octanol–water partition coefficient (Wildman–Crippen LogP) is 3.56. The predicted molar refractivity (Wildman–Crippen MR) is 106 cm³/mol. The van der Waals surface area contributed by atoms with Gasteiger partial charge in [0.2, 0.25) is 0 Å². The van der Waals surface area contributed by atoms with E-state index in [1.54, 1.807) is 35.4 Å². The molecule has 140 valence electrons. The molecule has 0 radical (unpaired) electrons. The highest BCUT2D eigenvalue weighted by Crippen LogP contribution is 2.26. The molecule has 4 aromatic heterocycles. The van der Waals surface area contributed by atoms with Crippen LogP contribution in [-0.2, 0) is 0 Å². The zero-order chi connectivity index (χ0) is 19.5. The maximum absolute atomic E-state index is 12.8. The van der Waals surface area contributed by atoms with Crippen LogP contribution in [0.2, 0.25) is 0 Å². The minimum atomic E-state index is -0.314. The average molecular weight is 373 g/mol. The van der Waals surface area contributed by atoms with Crippen LogP contribution < -0.4 is 5.32 Å². The van der Waals surface area contributed by atoms with Crippen LogP contribution in [0.15, 0.2) is 61.2 Å². The molecule has 0 unspecified atom stereocenters. The highest BCUT2D eigenvalue weighted by molar-refractivity contribution is 6.04. The lowest BCUT2D eigenvalue weighted by Crippen LogP contribution is -2.14. The van der Waals surface area contributed by atoms with Gasteiger partial charge in [0.25, 0.3) is 5.91 Å². The first-order valence-electron chi connectivity index (χ1n) is 8.90. The van der Waals surface area contributed by atoms with Gasteiger partial charge in [-0.05, 0) is 38.1 Å². The summed E-state index contributed by atoms with van der Waals surface area (Å²) in [6.45, 7) is 4.05. The normalized spacial score (nSPS) is 11.0. The van der Waals surface area contributed by atoms with Gasteiger partial charge in [-0.3, -0.25) is 19.6 Å². The monoisotopic (exact) mass is 373 g/mol. The Hall–Kier alpha value is -3.81. The van der Waals surface area contributed by atoms with Gasteiger partial charge < -0.3 is 5.32 Å². The van der Waals surface area contributed by atoms with E-state index < -0.39 is 0 Å². The molecule has 4 rings (SSSR count). The molecule has 0 atom stereocenters. The maximum Gasteiger partial charge on any atom is 0.274 e. The first-order valence-corrected chi connectivity index (χ1v) is 8.90. The van der Waals surface area contributed by atoms with Gasteiger partial charge in [-0.2, -0.15) is 10.2 Å². The Kier molecular flexibility index (Phi) is 4.67. The van der Waals surface area contributed by atoms with Crippen molar-refractivity contribution in [2.45, 2.75) is 19.9 Å². The smallest absolute Gasteiger partial charge is 0.274 e. The maximum atomic E-state index is 12.8. The molecule has 0 fully saturated rings. The molecule has 8 heteroatoms. The fourth-order valence-electron chi connectivity index (χ4n) is 2.74. The van der Waals surface area contributed by atoms with Gasteiger partial charge in [0.1, 0.15) is 11.4 Å². The molecule has 4 heterocycles. The van der Waals surface area contributed by atoms with Gasteiger partial charge in [-0.1, -0.05) is 12.1 Å². The third kappa shape index (κ3) is 3.52. The number of amides is 1. The number of nitrogens with one attached hydrogen (secondary N) is 2. The van der Waals surface area contributed by atoms with Gasteiger partial charge in [-0.15, -0.1) is 0 Å². The summed E-state index contributed by atoms with van der Waals surface area (Å²) in [5, 5.41) is 14.2. The number of pyridine rings is 2. The molecule has 0 aliphatic carbocycles. The van der Waals surface area contributed by atoms with E-state index >= 15 is 0 Å². The Labute approximate surface area is 161 Å². The van der Waals surface area contributed by atoms with Crippen LogP contribution in [0.3, 0.4) is 0 Å². The van der Waals surface area contributed by atoms with Crippen molar-refractivity contribution in [3.63, 3.8) is 0 Å². The number of carbonyl (C=O) groups excluding carboxylic acids is 1. The summed E-state index contributed by atoms with van der Waals surface area (Å²) in [6.07, 6.45) is 6.91. The summed E-state index contributed by atoms with van der Waals surface area (Å²) in [6, 6.07) is 11.0. The van der Waals surface area contributed by atoms with Crippen molar-refractivity contribution in [1.29, 1.82) is 0 Å². The lowest BCUT2D eigenvalue weighted by atomic mass is 10.2. The van der Waals surface area contributed by atoms with Crippen LogP contribution in [0.4, 0.5) is 5.69 Å². The van der Waals surface area contributed by atoms with Crippen molar-refractivity contribution < 1.29 is 4.79 Å². The van der Waals surface area contributed by atoms with Crippen LogP contribution in [-0.4, -0.2) is 35.9 Å². The molecule has 0 bridgehead atoms. The number of nitrogens with zero attached hydrogens (tertiary/aromatic N) is 5. The second-order valence-corrected chi connectivity index (χ2v) is 6.53. The van der Waals surface area contributed by atoms with Crippen molar-refractivity contribution >= 4 is 11.6 Å². The zero-order valence-electron chi connectivity index (χ0n) is 15.5. The third-order valence-corrected chi connectivity index (χ3v) is 4.19. The molecule has 8 nitrogen and oxygen atoms in total. The number of aromatic amines is 1. The molecular formula is C20H19N7O. The van der Waals surface area contributed by atoms with Gasteiger partial charge in [0.15, 0.2) is 0 Å². The number of H-pyrrole nitrogens is 1. The molecule has 1 amide bonds. The van der Waals surface area contributed by atoms with Crippen LogP contribution in [0, 0.1) is 0 Å². The number of anilines is 1. The Morgan fingerprint density at radius 1 is 1.14 bits per heavy atom. The van der Waals surface area contributed by atoms with Crippen molar-refractivity contribution in [2.24, 2.45) is 0 Å². The minimum absolute atomic E-state index is 0.149. The summed E-state index contributed by atoms with van der Waals surface area (Å²) in [5.41, 5.74) is 3.70. The molecule has 2 N–H and O–H groups in total. The fourth-order valence-corrected chi connectivity index (χ4v) is 2.74. The SMILES string of the molecule is CC(C)n1cc(NC(=O)c2cccc(-c3cn[nH]c3)n2)c(-c2ccccn2)n1. The van der Waals surface area contributed by atoms with E-state index in [-0.39, 0.29) is 11.9 Å². The van der Waals surface area contributed by atoms with Crippen molar-refractivity contribution in [2.75, 3.05) is 5.32 Å². The number of hydrogen-bond donors (Lipinski definition) is 2. The van der Waals surface area contributed by atoms with E-state index in [9.17, 15) is 4.79 Å². The molecular weight excluding hydrogens is 354 g/mol. The van der Waals surface area contributed by atoms with Crippen molar-refractivity contribution in [3.8, 4) is 22.6 Å². The van der Waals surface area contributed by atoms with Crippen molar-refractivity contribution in [1.82, 2.24) is 29.9 Å². The van der Waals surface area contributed by atoms with Crippen LogP contribution in [0.5, 0.6) is 0 Å². The number of aromatic nitrogens is 6. The van der Waals surface area contributed by atoms with E-state index in [1.807, 2.05) is 44.3 Å². The summed E-state index contributed by atoms with van der Waals surface area (Å²) in [4.78, 5) is 21.6. The largest absolute Gasteiger partial charge is 0.317 e. The Morgan fingerprint density at radius 2 is 2.00 bits per heavy atom. The molecule has 28 heavy (non-hydrogen) atoms. The third-order valence-electron chi connectivity index (χ3n) is 4.19. The number of rotatable bonds is 5. The van der Waals surface area contributed by atoms with Gasteiger partial charge in [0, 0.05) is 30.2 Å². The lowest BCUT2D eigenvalue weighted by molar-refractivity contribution is 0.102. The Balaban J connectivity index is 1.66. The number of hydrogen-bond acceptors (Lipinski definition) is 5. The van der Waals surface area contributed by atoms with E-state index in [0.29, 0.717) is 28.5 Å². The summed E-state index contributed by atoms with van der Waals surface area (Å²) in [7, 11) is 0. The average Bonchev–Trinajstić information content (AvgIpc) is 3.39. The van der Waals surface area contributed by atoms with E-state index in [4.69, 9.17) is 0 Å². The van der Waals surface area contributed by atoms with E-state index in [2.05, 4.69) is 30.6 Å². The molecule has 0 saturated carbocycles. The second kappa shape index (κ2) is 7.43. The molecule has 0 spiro atoms. The molecule has 0 aliphatic rings. The fraction of sp³-hybridized carbons (Fsp3) is 0.150. The Bertz CT molecular complexity index is 1080. The number of carbonyl (C=O) groups is 1. The van der Waals surface area contributed by atoms with E-state index in [1.165, 1.54) is 0 Å².